The monoisotopic (exact) mass is 354 g/mol. The van der Waals surface area contributed by atoms with Gasteiger partial charge in [-0.15, -0.1) is 0 Å². The zero-order valence-corrected chi connectivity index (χ0v) is 13.8. The Labute approximate surface area is 147 Å². The number of aromatic nitrogens is 3. The van der Waals surface area contributed by atoms with Crippen LogP contribution in [0, 0.1) is 11.6 Å². The summed E-state index contributed by atoms with van der Waals surface area (Å²) in [4.78, 5) is 22.6. The quantitative estimate of drug-likeness (QED) is 0.515. The first-order valence-corrected chi connectivity index (χ1v) is 8.25. The molecule has 7 heteroatoms. The molecule has 1 amide bonds. The van der Waals surface area contributed by atoms with Gasteiger partial charge in [0, 0.05) is 30.1 Å². The lowest BCUT2D eigenvalue weighted by Gasteiger charge is -2.03. The van der Waals surface area contributed by atoms with Gasteiger partial charge in [-0.25, -0.2) is 13.8 Å². The number of rotatable bonds is 5. The summed E-state index contributed by atoms with van der Waals surface area (Å²) in [6.45, 7) is 0.401. The summed E-state index contributed by atoms with van der Waals surface area (Å²) >= 11 is 0. The van der Waals surface area contributed by atoms with Gasteiger partial charge in [-0.3, -0.25) is 4.79 Å². The number of carbonyl (C=O) groups is 1. The van der Waals surface area contributed by atoms with Crippen molar-refractivity contribution in [3.63, 3.8) is 0 Å². The van der Waals surface area contributed by atoms with Crippen LogP contribution in [0.15, 0.2) is 42.6 Å². The van der Waals surface area contributed by atoms with Crippen LogP contribution >= 0.6 is 0 Å². The molecular formula is C19H16F2N4O. The number of hydrogen-bond donors (Lipinski definition) is 3. The third-order valence-electron chi connectivity index (χ3n) is 4.26. The fraction of sp³-hybridized carbons (Fsp3) is 0.158. The molecule has 3 N–H and O–H groups in total. The van der Waals surface area contributed by atoms with Crippen LogP contribution in [-0.2, 0) is 17.6 Å². The van der Waals surface area contributed by atoms with Gasteiger partial charge < -0.3 is 15.3 Å². The summed E-state index contributed by atoms with van der Waals surface area (Å²) in [6.07, 6.45) is 2.39. The Morgan fingerprint density at radius 2 is 1.88 bits per heavy atom. The van der Waals surface area contributed by atoms with Crippen molar-refractivity contribution in [2.45, 2.75) is 12.8 Å². The van der Waals surface area contributed by atoms with E-state index in [-0.39, 0.29) is 24.0 Å². The molecule has 2 heterocycles. The highest BCUT2D eigenvalue weighted by Crippen LogP contribution is 2.19. The van der Waals surface area contributed by atoms with E-state index < -0.39 is 0 Å². The molecule has 26 heavy (non-hydrogen) atoms. The van der Waals surface area contributed by atoms with Crippen molar-refractivity contribution in [3.05, 3.63) is 65.6 Å². The molecule has 0 aliphatic heterocycles. The number of H-pyrrole nitrogens is 2. The minimum atomic E-state index is -0.333. The topological polar surface area (TPSA) is 73.6 Å². The normalized spacial score (nSPS) is 11.3. The lowest BCUT2D eigenvalue weighted by atomic mass is 10.1. The highest BCUT2D eigenvalue weighted by Gasteiger charge is 2.10. The van der Waals surface area contributed by atoms with E-state index in [9.17, 15) is 13.6 Å². The summed E-state index contributed by atoms with van der Waals surface area (Å²) < 4.78 is 26.6. The van der Waals surface area contributed by atoms with Crippen molar-refractivity contribution in [2.75, 3.05) is 6.54 Å². The number of amides is 1. The first kappa shape index (κ1) is 16.3. The summed E-state index contributed by atoms with van der Waals surface area (Å²) in [5.41, 5.74) is 2.86. The van der Waals surface area contributed by atoms with Crippen molar-refractivity contribution in [1.29, 1.82) is 0 Å². The molecule has 5 nitrogen and oxygen atoms in total. The smallest absolute Gasteiger partial charge is 0.224 e. The number of benzene rings is 2. The van der Waals surface area contributed by atoms with E-state index >= 15 is 0 Å². The first-order chi connectivity index (χ1) is 12.6. The van der Waals surface area contributed by atoms with Gasteiger partial charge in [0.2, 0.25) is 5.91 Å². The Morgan fingerprint density at radius 3 is 2.77 bits per heavy atom. The first-order valence-electron chi connectivity index (χ1n) is 8.25. The summed E-state index contributed by atoms with van der Waals surface area (Å²) in [5, 5.41) is 3.53. The van der Waals surface area contributed by atoms with E-state index in [1.165, 1.54) is 24.3 Å². The van der Waals surface area contributed by atoms with Crippen LogP contribution in [0.2, 0.25) is 0 Å². The van der Waals surface area contributed by atoms with Crippen molar-refractivity contribution in [3.8, 4) is 0 Å². The second-order valence-electron chi connectivity index (χ2n) is 6.13. The highest BCUT2D eigenvalue weighted by atomic mass is 19.1. The van der Waals surface area contributed by atoms with Gasteiger partial charge in [-0.1, -0.05) is 0 Å². The third-order valence-corrected chi connectivity index (χ3v) is 4.26. The number of aromatic amines is 2. The van der Waals surface area contributed by atoms with Crippen LogP contribution in [0.1, 0.15) is 11.4 Å². The van der Waals surface area contributed by atoms with E-state index in [0.29, 0.717) is 35.2 Å². The Bertz CT molecular complexity index is 1100. The maximum absolute atomic E-state index is 13.4. The van der Waals surface area contributed by atoms with Gasteiger partial charge in [0.1, 0.15) is 17.5 Å². The largest absolute Gasteiger partial charge is 0.361 e. The molecule has 4 aromatic rings. The minimum Gasteiger partial charge on any atom is -0.361 e. The molecule has 0 radical (unpaired) electrons. The van der Waals surface area contributed by atoms with Gasteiger partial charge in [-0.2, -0.15) is 0 Å². The molecule has 0 saturated heterocycles. The average Bonchev–Trinajstić information content (AvgIpc) is 3.18. The molecule has 0 fully saturated rings. The number of nitrogens with one attached hydrogen (secondary N) is 3. The standard InChI is InChI=1S/C19H16F2N4O/c20-12-1-3-15-14(8-12)11(10-23-15)7-19(26)22-6-5-18-24-16-4-2-13(21)9-17(16)25-18/h1-4,8-10,23H,5-7H2,(H,22,26)(H,24,25). The molecule has 132 valence electrons. The number of hydrogen-bond acceptors (Lipinski definition) is 2. The molecule has 0 spiro atoms. The van der Waals surface area contributed by atoms with Gasteiger partial charge >= 0.3 is 0 Å². The molecule has 0 unspecified atom stereocenters. The zero-order chi connectivity index (χ0) is 18.1. The molecule has 0 aliphatic rings. The van der Waals surface area contributed by atoms with Crippen LogP contribution < -0.4 is 5.32 Å². The lowest BCUT2D eigenvalue weighted by molar-refractivity contribution is -0.120. The number of fused-ring (bicyclic) bond motifs is 2. The fourth-order valence-corrected chi connectivity index (χ4v) is 3.01. The van der Waals surface area contributed by atoms with Crippen LogP contribution in [-0.4, -0.2) is 27.4 Å². The van der Waals surface area contributed by atoms with E-state index in [0.717, 1.165) is 11.1 Å². The molecule has 4 rings (SSSR count). The maximum Gasteiger partial charge on any atom is 0.224 e. The highest BCUT2D eigenvalue weighted by molar-refractivity contribution is 5.88. The molecule has 0 bridgehead atoms. The Balaban J connectivity index is 1.36. The van der Waals surface area contributed by atoms with E-state index in [1.807, 2.05) is 0 Å². The predicted molar refractivity (Wildman–Crippen MR) is 94.7 cm³/mol. The zero-order valence-electron chi connectivity index (χ0n) is 13.8. The van der Waals surface area contributed by atoms with Gasteiger partial charge in [0.05, 0.1) is 17.5 Å². The van der Waals surface area contributed by atoms with Gasteiger partial charge in [0.25, 0.3) is 0 Å². The van der Waals surface area contributed by atoms with E-state index in [1.54, 1.807) is 18.3 Å². The molecule has 0 saturated carbocycles. The van der Waals surface area contributed by atoms with Gasteiger partial charge in [-0.05, 0) is 42.0 Å². The average molecular weight is 354 g/mol. The Kier molecular flexibility index (Phi) is 4.12. The third kappa shape index (κ3) is 3.28. The summed E-state index contributed by atoms with van der Waals surface area (Å²) in [6, 6.07) is 8.80. The van der Waals surface area contributed by atoms with Crippen molar-refractivity contribution < 1.29 is 13.6 Å². The minimum absolute atomic E-state index is 0.155. The van der Waals surface area contributed by atoms with Crippen LogP contribution in [0.25, 0.3) is 21.9 Å². The molecule has 0 aliphatic carbocycles. The second-order valence-corrected chi connectivity index (χ2v) is 6.13. The number of carbonyl (C=O) groups excluding carboxylic acids is 1. The van der Waals surface area contributed by atoms with Gasteiger partial charge in [0.15, 0.2) is 0 Å². The Morgan fingerprint density at radius 1 is 1.08 bits per heavy atom. The van der Waals surface area contributed by atoms with E-state index in [2.05, 4.69) is 20.3 Å². The Hall–Kier alpha value is -3.22. The van der Waals surface area contributed by atoms with Crippen molar-refractivity contribution in [1.82, 2.24) is 20.3 Å². The van der Waals surface area contributed by atoms with E-state index in [4.69, 9.17) is 0 Å². The molecular weight excluding hydrogens is 338 g/mol. The molecule has 2 aromatic heterocycles. The number of halogens is 2. The fourth-order valence-electron chi connectivity index (χ4n) is 3.01. The SMILES string of the molecule is O=C(Cc1c[nH]c2ccc(F)cc12)NCCc1nc2ccc(F)cc2[nH]1. The van der Waals surface area contributed by atoms with Crippen LogP contribution in [0.5, 0.6) is 0 Å². The number of imidazole rings is 1. The second kappa shape index (κ2) is 6.59. The number of nitrogens with zero attached hydrogens (tertiary/aromatic N) is 1. The van der Waals surface area contributed by atoms with Crippen LogP contribution in [0.4, 0.5) is 8.78 Å². The molecule has 2 aromatic carbocycles. The van der Waals surface area contributed by atoms with Crippen molar-refractivity contribution >= 4 is 27.8 Å². The van der Waals surface area contributed by atoms with Crippen molar-refractivity contribution in [2.24, 2.45) is 0 Å². The maximum atomic E-state index is 13.4. The summed E-state index contributed by atoms with van der Waals surface area (Å²) in [5.74, 6) is -0.131. The lowest BCUT2D eigenvalue weighted by Crippen LogP contribution is -2.27. The summed E-state index contributed by atoms with van der Waals surface area (Å²) in [7, 11) is 0. The predicted octanol–water partition coefficient (Wildman–Crippen LogP) is 3.22. The molecule has 0 atom stereocenters. The van der Waals surface area contributed by atoms with Crippen LogP contribution in [0.3, 0.4) is 0 Å².